The number of nitro groups is 1. The summed E-state index contributed by atoms with van der Waals surface area (Å²) >= 11 is 0. The van der Waals surface area contributed by atoms with Crippen molar-refractivity contribution in [2.45, 2.75) is 4.90 Å². The lowest BCUT2D eigenvalue weighted by molar-refractivity contribution is -0.385. The first-order valence-corrected chi connectivity index (χ1v) is 9.02. The molecule has 0 aliphatic carbocycles. The second-order valence-electron chi connectivity index (χ2n) is 2.90. The van der Waals surface area contributed by atoms with Crippen molar-refractivity contribution in [3.8, 4) is 0 Å². The third-order valence-corrected chi connectivity index (χ3v) is 2.57. The van der Waals surface area contributed by atoms with Gasteiger partial charge in [-0.2, -0.15) is 8.42 Å². The summed E-state index contributed by atoms with van der Waals surface area (Å²) in [7, 11) is 1.45. The smallest absolute Gasteiger partial charge is 0.258 e. The van der Waals surface area contributed by atoms with Crippen LogP contribution in [0.1, 0.15) is 0 Å². The quantitative estimate of drug-likeness (QED) is 0.462. The lowest BCUT2D eigenvalue weighted by Gasteiger charge is -1.96. The fourth-order valence-electron chi connectivity index (χ4n) is 0.828. The largest absolute Gasteiger partial charge is 0.317 e. The molecule has 0 aromatic heterocycles. The fourth-order valence-corrected chi connectivity index (χ4v) is 1.49. The average Bonchev–Trinajstić information content (AvgIpc) is 2.14. The van der Waals surface area contributed by atoms with Gasteiger partial charge in [-0.25, -0.2) is 8.42 Å². The summed E-state index contributed by atoms with van der Waals surface area (Å²) in [5, 5.41) is 10.3. The van der Waals surface area contributed by atoms with Crippen LogP contribution in [0.15, 0.2) is 29.2 Å². The third kappa shape index (κ3) is 8.23. The summed E-state index contributed by atoms with van der Waals surface area (Å²) in [5.74, 6) is 0. The van der Waals surface area contributed by atoms with E-state index in [9.17, 15) is 18.5 Å². The number of hydrogen-bond acceptors (Lipinski definition) is 6. The highest BCUT2D eigenvalue weighted by Gasteiger charge is 2.11. The van der Waals surface area contributed by atoms with Crippen LogP contribution in [-0.4, -0.2) is 28.0 Å². The van der Waals surface area contributed by atoms with Crippen molar-refractivity contribution in [2.75, 3.05) is 6.26 Å². The number of non-ortho nitro benzene ring substituents is 1. The van der Waals surface area contributed by atoms with Crippen molar-refractivity contribution in [1.82, 2.24) is 0 Å². The molecule has 0 unspecified atom stereocenters. The molecule has 0 spiro atoms. The second-order valence-corrected chi connectivity index (χ2v) is 8.59. The zero-order valence-electron chi connectivity index (χ0n) is 8.78. The minimum Gasteiger partial charge on any atom is -0.258 e. The summed E-state index contributed by atoms with van der Waals surface area (Å²) in [6, 6.07) is 4.95. The Balaban J connectivity index is 0.000000494. The summed E-state index contributed by atoms with van der Waals surface area (Å²) in [6.07, 6.45) is 1.01. The topological polar surface area (TPSA) is 111 Å². The molecule has 0 bridgehead atoms. The van der Waals surface area contributed by atoms with Crippen molar-refractivity contribution < 1.29 is 21.8 Å². The first kappa shape index (κ1) is 17.1. The molecule has 11 heteroatoms. The molecule has 102 valence electrons. The Bertz CT molecular complexity index is 632. The van der Waals surface area contributed by atoms with E-state index in [4.69, 9.17) is 8.42 Å². The van der Waals surface area contributed by atoms with Gasteiger partial charge in [0.15, 0.2) is 9.84 Å². The Morgan fingerprint density at radius 1 is 1.17 bits per heavy atom. The molecular weight excluding hydrogens is 329 g/mol. The maximum atomic E-state index is 11.0. The molecule has 0 N–H and O–H groups in total. The molecule has 0 radical (unpaired) electrons. The highest BCUT2D eigenvalue weighted by Crippen LogP contribution is 2.16. The van der Waals surface area contributed by atoms with Crippen LogP contribution in [0.5, 0.6) is 0 Å². The van der Waals surface area contributed by atoms with Gasteiger partial charge in [0.2, 0.25) is 0 Å². The third-order valence-electron chi connectivity index (χ3n) is 1.46. The van der Waals surface area contributed by atoms with Crippen LogP contribution in [0.25, 0.3) is 0 Å². The molecule has 0 atom stereocenters. The van der Waals surface area contributed by atoms with Crippen molar-refractivity contribution in [2.24, 2.45) is 0 Å². The molecule has 0 saturated heterocycles. The maximum absolute atomic E-state index is 11.0. The SMILES string of the molecule is CS(=O)(=O)c1cccc([N+](=O)[O-])c1.O=S(=O)(Cl)Cl. The monoisotopic (exact) mass is 335 g/mol. The van der Waals surface area contributed by atoms with Crippen LogP contribution in [-0.2, 0) is 18.1 Å². The average molecular weight is 336 g/mol. The number of nitrogens with zero attached hydrogens (tertiary/aromatic N) is 1. The molecule has 7 nitrogen and oxygen atoms in total. The van der Waals surface area contributed by atoms with Gasteiger partial charge in [-0.1, -0.05) is 6.07 Å². The van der Waals surface area contributed by atoms with Crippen LogP contribution in [0.4, 0.5) is 5.69 Å². The number of rotatable bonds is 2. The van der Waals surface area contributed by atoms with Crippen LogP contribution in [0, 0.1) is 10.1 Å². The zero-order valence-corrected chi connectivity index (χ0v) is 11.9. The van der Waals surface area contributed by atoms with E-state index in [1.165, 1.54) is 18.2 Å². The molecule has 0 saturated carbocycles. The van der Waals surface area contributed by atoms with Gasteiger partial charge in [-0.05, 0) is 6.07 Å². The molecule has 0 fully saturated rings. The van der Waals surface area contributed by atoms with Gasteiger partial charge in [-0.15, -0.1) is 0 Å². The number of nitro benzene ring substituents is 1. The molecule has 0 aliphatic heterocycles. The van der Waals surface area contributed by atoms with Crippen molar-refractivity contribution >= 4 is 45.2 Å². The van der Waals surface area contributed by atoms with Crippen molar-refractivity contribution in [1.29, 1.82) is 0 Å². The lowest BCUT2D eigenvalue weighted by Crippen LogP contribution is -1.97. The zero-order chi connectivity index (χ0) is 14.6. The Morgan fingerprint density at radius 3 is 1.94 bits per heavy atom. The normalized spacial score (nSPS) is 11.3. The fraction of sp³-hybridized carbons (Fsp3) is 0.143. The number of benzene rings is 1. The summed E-state index contributed by atoms with van der Waals surface area (Å²) in [6.45, 7) is 0. The molecule has 1 rings (SSSR count). The molecule has 0 aliphatic rings. The Morgan fingerprint density at radius 2 is 1.61 bits per heavy atom. The molecule has 18 heavy (non-hydrogen) atoms. The Kier molecular flexibility index (Phi) is 6.00. The molecule has 0 heterocycles. The molecule has 1 aromatic rings. The second kappa shape index (κ2) is 6.32. The molecular formula is C7H7Cl2NO6S2. The van der Waals surface area contributed by atoms with Gasteiger partial charge in [0.05, 0.1) is 9.82 Å². The predicted octanol–water partition coefficient (Wildman–Crippen LogP) is 1.71. The van der Waals surface area contributed by atoms with Gasteiger partial charge in [0.1, 0.15) is 0 Å². The first-order chi connectivity index (χ1) is 7.91. The van der Waals surface area contributed by atoms with Crippen LogP contribution >= 0.6 is 21.4 Å². The summed E-state index contributed by atoms with van der Waals surface area (Å²) in [5.41, 5.74) is -0.220. The molecule has 0 amide bonds. The first-order valence-electron chi connectivity index (χ1n) is 4.00. The van der Waals surface area contributed by atoms with Gasteiger partial charge >= 0.3 is 8.26 Å². The van der Waals surface area contributed by atoms with E-state index in [0.717, 1.165) is 12.3 Å². The van der Waals surface area contributed by atoms with Crippen molar-refractivity contribution in [3.63, 3.8) is 0 Å². The summed E-state index contributed by atoms with van der Waals surface area (Å²) in [4.78, 5) is 9.62. The highest BCUT2D eigenvalue weighted by atomic mass is 36.0. The van der Waals surface area contributed by atoms with E-state index in [1.807, 2.05) is 0 Å². The summed E-state index contributed by atoms with van der Waals surface area (Å²) < 4.78 is 40.3. The highest BCUT2D eigenvalue weighted by molar-refractivity contribution is 8.31. The standard InChI is InChI=1S/C7H7NO4S.Cl2O2S/c1-13(11,12)7-4-2-3-6(5-7)8(9)10;1-5(2,3)4/h2-5H,1H3;. The Labute approximate surface area is 112 Å². The van der Waals surface area contributed by atoms with Gasteiger partial charge in [-0.3, -0.25) is 10.1 Å². The van der Waals surface area contributed by atoms with E-state index in [0.29, 0.717) is 0 Å². The lowest BCUT2D eigenvalue weighted by atomic mass is 10.3. The van der Waals surface area contributed by atoms with Gasteiger partial charge in [0.25, 0.3) is 5.69 Å². The number of sulfone groups is 1. The van der Waals surface area contributed by atoms with Gasteiger partial charge in [0, 0.05) is 39.8 Å². The minimum absolute atomic E-state index is 0.0401. The predicted molar refractivity (Wildman–Crippen MR) is 66.8 cm³/mol. The van der Waals surface area contributed by atoms with E-state index in [-0.39, 0.29) is 10.6 Å². The number of halogens is 2. The van der Waals surface area contributed by atoms with Crippen LogP contribution in [0.3, 0.4) is 0 Å². The van der Waals surface area contributed by atoms with E-state index in [1.54, 1.807) is 0 Å². The van der Waals surface area contributed by atoms with E-state index in [2.05, 4.69) is 21.4 Å². The van der Waals surface area contributed by atoms with E-state index >= 15 is 0 Å². The van der Waals surface area contributed by atoms with Crippen LogP contribution in [0.2, 0.25) is 0 Å². The van der Waals surface area contributed by atoms with Crippen LogP contribution < -0.4 is 0 Å². The van der Waals surface area contributed by atoms with Crippen molar-refractivity contribution in [3.05, 3.63) is 34.4 Å². The van der Waals surface area contributed by atoms with Gasteiger partial charge < -0.3 is 0 Å². The molecule has 1 aromatic carbocycles. The van der Waals surface area contributed by atoms with E-state index < -0.39 is 23.0 Å². The minimum atomic E-state index is -3.72. The Hall–Kier alpha value is -0.900. The maximum Gasteiger partial charge on any atom is 0.317 e. The number of hydrogen-bond donors (Lipinski definition) is 0.